The van der Waals surface area contributed by atoms with Gasteiger partial charge in [0.15, 0.2) is 0 Å². The number of ether oxygens (including phenoxy) is 1. The van der Waals surface area contributed by atoms with Crippen LogP contribution in [-0.2, 0) is 0 Å². The minimum Gasteiger partial charge on any atom is -0.497 e. The van der Waals surface area contributed by atoms with Gasteiger partial charge in [0.25, 0.3) is 0 Å². The van der Waals surface area contributed by atoms with E-state index in [1.165, 1.54) is 0 Å². The number of benzene rings is 1. The highest BCUT2D eigenvalue weighted by atomic mass is 16.5. The fourth-order valence-corrected chi connectivity index (χ4v) is 2.06. The Kier molecular flexibility index (Phi) is 3.09. The quantitative estimate of drug-likeness (QED) is 0.789. The Balaban J connectivity index is 2.16. The molecule has 5 heteroatoms. The summed E-state index contributed by atoms with van der Waals surface area (Å²) in [6, 6.07) is 11.3. The highest BCUT2D eigenvalue weighted by molar-refractivity contribution is 5.86. The summed E-state index contributed by atoms with van der Waals surface area (Å²) in [7, 11) is 1.62. The fraction of sp³-hybridized carbons (Fsp3) is 0.0667. The van der Waals surface area contributed by atoms with E-state index in [2.05, 4.69) is 10.1 Å². The van der Waals surface area contributed by atoms with Crippen molar-refractivity contribution in [2.24, 2.45) is 0 Å². The molecule has 0 spiro atoms. The van der Waals surface area contributed by atoms with Crippen molar-refractivity contribution in [1.29, 1.82) is 0 Å². The molecule has 3 aromatic rings. The van der Waals surface area contributed by atoms with E-state index >= 15 is 0 Å². The Bertz CT molecular complexity index is 723. The second-order valence-electron chi connectivity index (χ2n) is 4.24. The maximum absolute atomic E-state index is 5.91. The zero-order chi connectivity index (χ0) is 13.9. The van der Waals surface area contributed by atoms with Gasteiger partial charge in [-0.15, -0.1) is 0 Å². The first-order valence-electron chi connectivity index (χ1n) is 6.09. The third kappa shape index (κ3) is 2.09. The lowest BCUT2D eigenvalue weighted by atomic mass is 10.0. The average molecular weight is 267 g/mol. The highest BCUT2D eigenvalue weighted by Gasteiger charge is 2.17. The van der Waals surface area contributed by atoms with Gasteiger partial charge in [0.2, 0.25) is 5.88 Å². The van der Waals surface area contributed by atoms with E-state index in [1.54, 1.807) is 19.5 Å². The third-order valence-electron chi connectivity index (χ3n) is 3.01. The van der Waals surface area contributed by atoms with Crippen LogP contribution in [0.3, 0.4) is 0 Å². The lowest BCUT2D eigenvalue weighted by Gasteiger charge is -2.05. The summed E-state index contributed by atoms with van der Waals surface area (Å²) >= 11 is 0. The molecule has 3 rings (SSSR count). The van der Waals surface area contributed by atoms with Crippen LogP contribution in [0.5, 0.6) is 5.75 Å². The second kappa shape index (κ2) is 5.05. The molecule has 0 aliphatic rings. The molecule has 0 radical (unpaired) electrons. The van der Waals surface area contributed by atoms with E-state index in [9.17, 15) is 0 Å². The van der Waals surface area contributed by atoms with Crippen LogP contribution < -0.4 is 10.5 Å². The van der Waals surface area contributed by atoms with Crippen molar-refractivity contribution < 1.29 is 9.26 Å². The molecule has 0 aliphatic heterocycles. The number of nitrogen functional groups attached to an aromatic ring is 1. The van der Waals surface area contributed by atoms with E-state index in [1.807, 2.05) is 36.4 Å². The van der Waals surface area contributed by atoms with Gasteiger partial charge in [-0.1, -0.05) is 17.3 Å². The molecule has 2 heterocycles. The topological polar surface area (TPSA) is 74.2 Å². The van der Waals surface area contributed by atoms with Crippen molar-refractivity contribution >= 4 is 5.88 Å². The van der Waals surface area contributed by atoms with Gasteiger partial charge in [-0.25, -0.2) is 0 Å². The van der Waals surface area contributed by atoms with Crippen LogP contribution >= 0.6 is 0 Å². The average Bonchev–Trinajstić information content (AvgIpc) is 2.90. The minimum atomic E-state index is 0.275. The van der Waals surface area contributed by atoms with Gasteiger partial charge >= 0.3 is 0 Å². The van der Waals surface area contributed by atoms with Gasteiger partial charge in [0.05, 0.1) is 12.7 Å². The number of aromatic nitrogens is 2. The maximum Gasteiger partial charge on any atom is 0.230 e. The van der Waals surface area contributed by atoms with Crippen LogP contribution in [0.4, 0.5) is 5.88 Å². The van der Waals surface area contributed by atoms with Crippen LogP contribution in [0.25, 0.3) is 22.4 Å². The number of pyridine rings is 1. The first-order chi connectivity index (χ1) is 9.79. The van der Waals surface area contributed by atoms with Gasteiger partial charge in [0.1, 0.15) is 11.4 Å². The smallest absolute Gasteiger partial charge is 0.230 e. The highest BCUT2D eigenvalue weighted by Crippen LogP contribution is 2.36. The number of hydrogen-bond acceptors (Lipinski definition) is 5. The summed E-state index contributed by atoms with van der Waals surface area (Å²) in [5.74, 6) is 1.03. The molecule has 2 N–H and O–H groups in total. The summed E-state index contributed by atoms with van der Waals surface area (Å²) in [5.41, 5.74) is 9.07. The molecule has 2 aromatic heterocycles. The zero-order valence-electron chi connectivity index (χ0n) is 10.9. The number of hydrogen-bond donors (Lipinski definition) is 1. The van der Waals surface area contributed by atoms with Crippen molar-refractivity contribution in [1.82, 2.24) is 10.1 Å². The van der Waals surface area contributed by atoms with E-state index < -0.39 is 0 Å². The van der Waals surface area contributed by atoms with Crippen LogP contribution in [0.1, 0.15) is 0 Å². The fourth-order valence-electron chi connectivity index (χ4n) is 2.06. The predicted octanol–water partition coefficient (Wildman–Crippen LogP) is 2.99. The standard InChI is InChI=1S/C15H13N3O2/c1-19-12-6-2-4-10(8-12)13-14(18-20-15(13)16)11-5-3-7-17-9-11/h2-9H,16H2,1H3. The van der Waals surface area contributed by atoms with Gasteiger partial charge < -0.3 is 15.0 Å². The molecule has 0 fully saturated rings. The molecule has 5 nitrogen and oxygen atoms in total. The van der Waals surface area contributed by atoms with Crippen LogP contribution in [0.15, 0.2) is 53.3 Å². The molecule has 0 unspecified atom stereocenters. The molecule has 0 saturated carbocycles. The molecule has 0 amide bonds. The van der Waals surface area contributed by atoms with Crippen molar-refractivity contribution in [3.8, 4) is 28.1 Å². The Labute approximate surface area is 116 Å². The van der Waals surface area contributed by atoms with Crippen molar-refractivity contribution in [2.75, 3.05) is 12.8 Å². The Hall–Kier alpha value is -2.82. The number of nitrogens with two attached hydrogens (primary N) is 1. The molecular formula is C15H13N3O2. The maximum atomic E-state index is 5.91. The normalized spacial score (nSPS) is 10.4. The summed E-state index contributed by atoms with van der Waals surface area (Å²) < 4.78 is 10.4. The van der Waals surface area contributed by atoms with Crippen molar-refractivity contribution in [3.63, 3.8) is 0 Å². The van der Waals surface area contributed by atoms with Gasteiger partial charge in [-0.2, -0.15) is 0 Å². The van der Waals surface area contributed by atoms with E-state index in [0.29, 0.717) is 5.69 Å². The largest absolute Gasteiger partial charge is 0.497 e. The molecule has 0 saturated heterocycles. The van der Waals surface area contributed by atoms with Crippen LogP contribution in [0, 0.1) is 0 Å². The molecular weight excluding hydrogens is 254 g/mol. The SMILES string of the molecule is COc1cccc(-c2c(-c3cccnc3)noc2N)c1. The van der Waals surface area contributed by atoms with E-state index in [-0.39, 0.29) is 5.88 Å². The third-order valence-corrected chi connectivity index (χ3v) is 3.01. The second-order valence-corrected chi connectivity index (χ2v) is 4.24. The number of rotatable bonds is 3. The summed E-state index contributed by atoms with van der Waals surface area (Å²) in [4.78, 5) is 4.09. The van der Waals surface area contributed by atoms with Crippen molar-refractivity contribution in [2.45, 2.75) is 0 Å². The molecule has 0 aliphatic carbocycles. The van der Waals surface area contributed by atoms with Crippen molar-refractivity contribution in [3.05, 3.63) is 48.8 Å². The lowest BCUT2D eigenvalue weighted by molar-refractivity contribution is 0.415. The van der Waals surface area contributed by atoms with Crippen LogP contribution in [0.2, 0.25) is 0 Å². The summed E-state index contributed by atoms with van der Waals surface area (Å²) in [6.07, 6.45) is 3.43. The number of methoxy groups -OCH3 is 1. The van der Waals surface area contributed by atoms with E-state index in [0.717, 1.165) is 22.4 Å². The summed E-state index contributed by atoms with van der Waals surface area (Å²) in [6.45, 7) is 0. The predicted molar refractivity (Wildman–Crippen MR) is 76.1 cm³/mol. The summed E-state index contributed by atoms with van der Waals surface area (Å²) in [5, 5.41) is 4.04. The first-order valence-corrected chi connectivity index (χ1v) is 6.09. The Morgan fingerprint density at radius 2 is 2.00 bits per heavy atom. The molecule has 20 heavy (non-hydrogen) atoms. The van der Waals surface area contributed by atoms with Gasteiger partial charge in [-0.3, -0.25) is 4.98 Å². The lowest BCUT2D eigenvalue weighted by Crippen LogP contribution is -1.89. The Morgan fingerprint density at radius 3 is 2.75 bits per heavy atom. The molecule has 100 valence electrons. The molecule has 0 atom stereocenters. The van der Waals surface area contributed by atoms with Gasteiger partial charge in [0, 0.05) is 18.0 Å². The molecule has 1 aromatic carbocycles. The zero-order valence-corrected chi connectivity index (χ0v) is 10.9. The van der Waals surface area contributed by atoms with E-state index in [4.69, 9.17) is 15.0 Å². The number of nitrogens with zero attached hydrogens (tertiary/aromatic N) is 2. The first kappa shape index (κ1) is 12.2. The Morgan fingerprint density at radius 1 is 1.15 bits per heavy atom. The number of anilines is 1. The van der Waals surface area contributed by atoms with Gasteiger partial charge in [-0.05, 0) is 29.8 Å². The molecule has 0 bridgehead atoms. The monoisotopic (exact) mass is 267 g/mol. The minimum absolute atomic E-state index is 0.275. The van der Waals surface area contributed by atoms with Crippen LogP contribution in [-0.4, -0.2) is 17.3 Å².